The summed E-state index contributed by atoms with van der Waals surface area (Å²) >= 11 is 0. The molecule has 0 spiro atoms. The van der Waals surface area contributed by atoms with E-state index in [4.69, 9.17) is 9.84 Å². The van der Waals surface area contributed by atoms with E-state index in [9.17, 15) is 24.6 Å². The number of aliphatic hydroxyl groups excluding tert-OH is 2. The second kappa shape index (κ2) is 7.04. The first-order valence-electron chi connectivity index (χ1n) is 7.58. The largest absolute Gasteiger partial charge is 0.479 e. The molecule has 1 amide bonds. The zero-order valence-electron chi connectivity index (χ0n) is 13.2. The van der Waals surface area contributed by atoms with Crippen LogP contribution in [0.2, 0.25) is 0 Å². The standard InChI is InChI=1S/C16H15N3O7/c20-10-11(21)14(26-12(10)15(23)24)19-7-6-9(18-16(19)25)17-13(22)8-4-2-1-3-5-8/h1-7,10-12,14,20-21H,(H,23,24)(H,17,18,22,25)/t10-,11+,12-,14+/m0/s1. The Morgan fingerprint density at radius 2 is 1.81 bits per heavy atom. The van der Waals surface area contributed by atoms with E-state index in [-0.39, 0.29) is 5.82 Å². The third kappa shape index (κ3) is 3.33. The molecule has 1 fully saturated rings. The molecule has 0 bridgehead atoms. The first-order chi connectivity index (χ1) is 12.4. The highest BCUT2D eigenvalue weighted by Crippen LogP contribution is 2.28. The second-order valence-electron chi connectivity index (χ2n) is 5.59. The van der Waals surface area contributed by atoms with Gasteiger partial charge in [0.15, 0.2) is 12.3 Å². The normalized spacial score (nSPS) is 25.0. The van der Waals surface area contributed by atoms with E-state index in [0.29, 0.717) is 5.56 Å². The summed E-state index contributed by atoms with van der Waals surface area (Å²) in [5, 5.41) is 31.0. The van der Waals surface area contributed by atoms with Crippen LogP contribution in [-0.4, -0.2) is 55.1 Å². The number of hydrogen-bond donors (Lipinski definition) is 4. The summed E-state index contributed by atoms with van der Waals surface area (Å²) in [6.07, 6.45) is -5.22. The van der Waals surface area contributed by atoms with Crippen molar-refractivity contribution >= 4 is 17.7 Å². The maximum absolute atomic E-state index is 12.2. The number of nitrogens with zero attached hydrogens (tertiary/aromatic N) is 2. The molecule has 4 atom stereocenters. The predicted octanol–water partition coefficient (Wildman–Crippen LogP) is -0.801. The van der Waals surface area contributed by atoms with Crippen molar-refractivity contribution in [2.24, 2.45) is 0 Å². The Morgan fingerprint density at radius 1 is 1.12 bits per heavy atom. The fourth-order valence-electron chi connectivity index (χ4n) is 2.55. The molecule has 2 aromatic rings. The summed E-state index contributed by atoms with van der Waals surface area (Å²) in [5.74, 6) is -1.96. The predicted molar refractivity (Wildman–Crippen MR) is 86.5 cm³/mol. The van der Waals surface area contributed by atoms with Gasteiger partial charge in [0.25, 0.3) is 5.91 Å². The monoisotopic (exact) mass is 361 g/mol. The van der Waals surface area contributed by atoms with Gasteiger partial charge in [-0.3, -0.25) is 9.36 Å². The van der Waals surface area contributed by atoms with Crippen LogP contribution in [0.1, 0.15) is 16.6 Å². The Balaban J connectivity index is 1.79. The fourth-order valence-corrected chi connectivity index (χ4v) is 2.55. The van der Waals surface area contributed by atoms with Crippen molar-refractivity contribution in [1.82, 2.24) is 9.55 Å². The van der Waals surface area contributed by atoms with E-state index in [2.05, 4.69) is 10.3 Å². The number of carbonyl (C=O) groups is 2. The van der Waals surface area contributed by atoms with Crippen molar-refractivity contribution in [2.45, 2.75) is 24.5 Å². The molecule has 0 radical (unpaired) electrons. The van der Waals surface area contributed by atoms with Gasteiger partial charge in [0.05, 0.1) is 0 Å². The lowest BCUT2D eigenvalue weighted by atomic mass is 10.1. The third-order valence-corrected chi connectivity index (χ3v) is 3.86. The number of nitrogens with one attached hydrogen (secondary N) is 1. The quantitative estimate of drug-likeness (QED) is 0.552. The van der Waals surface area contributed by atoms with Gasteiger partial charge >= 0.3 is 11.7 Å². The molecular formula is C16H15N3O7. The minimum atomic E-state index is -1.69. The number of ether oxygens (including phenoxy) is 1. The molecule has 0 unspecified atom stereocenters. The number of carboxylic acid groups (broad SMARTS) is 1. The topological polar surface area (TPSA) is 151 Å². The van der Waals surface area contributed by atoms with E-state index in [0.717, 1.165) is 4.57 Å². The van der Waals surface area contributed by atoms with Crippen LogP contribution < -0.4 is 11.0 Å². The molecule has 1 aliphatic heterocycles. The zero-order chi connectivity index (χ0) is 18.8. The first-order valence-corrected chi connectivity index (χ1v) is 7.58. The number of aromatic nitrogens is 2. The van der Waals surface area contributed by atoms with Gasteiger partial charge in [0.1, 0.15) is 18.0 Å². The highest BCUT2D eigenvalue weighted by Gasteiger charge is 2.47. The summed E-state index contributed by atoms with van der Waals surface area (Å²) in [5.41, 5.74) is -0.515. The summed E-state index contributed by atoms with van der Waals surface area (Å²) < 4.78 is 5.88. The van der Waals surface area contributed by atoms with Crippen molar-refractivity contribution in [3.8, 4) is 0 Å². The van der Waals surface area contributed by atoms with E-state index < -0.39 is 42.1 Å². The van der Waals surface area contributed by atoms with Crippen LogP contribution in [0.15, 0.2) is 47.4 Å². The van der Waals surface area contributed by atoms with Gasteiger partial charge in [-0.05, 0) is 18.2 Å². The molecule has 136 valence electrons. The van der Waals surface area contributed by atoms with Crippen LogP contribution in [0.25, 0.3) is 0 Å². The minimum absolute atomic E-state index is 0.0251. The number of hydrogen-bond acceptors (Lipinski definition) is 7. The molecule has 1 aromatic carbocycles. The molecule has 1 aliphatic rings. The molecule has 1 saturated heterocycles. The number of carboxylic acids is 1. The van der Waals surface area contributed by atoms with Crippen molar-refractivity contribution in [2.75, 3.05) is 5.32 Å². The maximum atomic E-state index is 12.2. The molecule has 0 saturated carbocycles. The Morgan fingerprint density at radius 3 is 2.38 bits per heavy atom. The van der Waals surface area contributed by atoms with E-state index in [1.165, 1.54) is 12.3 Å². The SMILES string of the molecule is O=C(Nc1ccn([C@@H]2O[C@H](C(=O)O)[C@@H](O)[C@H]2O)c(=O)n1)c1ccccc1. The summed E-state index contributed by atoms with van der Waals surface area (Å²) in [4.78, 5) is 38.9. The molecule has 10 heteroatoms. The average molecular weight is 361 g/mol. The molecule has 26 heavy (non-hydrogen) atoms. The number of amides is 1. The lowest BCUT2D eigenvalue weighted by Gasteiger charge is -2.17. The lowest BCUT2D eigenvalue weighted by Crippen LogP contribution is -2.37. The van der Waals surface area contributed by atoms with Crippen LogP contribution in [0, 0.1) is 0 Å². The highest BCUT2D eigenvalue weighted by atomic mass is 16.6. The van der Waals surface area contributed by atoms with Crippen LogP contribution >= 0.6 is 0 Å². The van der Waals surface area contributed by atoms with Gasteiger partial charge in [-0.25, -0.2) is 9.59 Å². The first kappa shape index (κ1) is 17.7. The highest BCUT2D eigenvalue weighted by molar-refractivity contribution is 6.03. The Bertz CT molecular complexity index is 883. The van der Waals surface area contributed by atoms with Crippen LogP contribution in [0.4, 0.5) is 5.82 Å². The molecule has 1 aromatic heterocycles. The minimum Gasteiger partial charge on any atom is -0.479 e. The van der Waals surface area contributed by atoms with Gasteiger partial charge in [0.2, 0.25) is 0 Å². The number of rotatable bonds is 4. The van der Waals surface area contributed by atoms with Crippen molar-refractivity contribution in [3.63, 3.8) is 0 Å². The number of aliphatic carboxylic acids is 1. The van der Waals surface area contributed by atoms with Crippen LogP contribution in [-0.2, 0) is 9.53 Å². The van der Waals surface area contributed by atoms with E-state index in [1.54, 1.807) is 30.3 Å². The fraction of sp³-hybridized carbons (Fsp3) is 0.250. The average Bonchev–Trinajstić information content (AvgIpc) is 2.91. The van der Waals surface area contributed by atoms with Gasteiger partial charge in [-0.2, -0.15) is 4.98 Å². The molecule has 3 rings (SSSR count). The summed E-state index contributed by atoms with van der Waals surface area (Å²) in [6.45, 7) is 0. The Hall–Kier alpha value is -3.08. The van der Waals surface area contributed by atoms with Gasteiger partial charge in [-0.1, -0.05) is 18.2 Å². The Labute approximate surface area is 146 Å². The van der Waals surface area contributed by atoms with Crippen LogP contribution in [0.3, 0.4) is 0 Å². The molecule has 4 N–H and O–H groups in total. The molecule has 2 heterocycles. The summed E-state index contributed by atoms with van der Waals surface area (Å²) in [6, 6.07) is 9.59. The van der Waals surface area contributed by atoms with Crippen molar-refractivity contribution < 1.29 is 29.6 Å². The van der Waals surface area contributed by atoms with Crippen molar-refractivity contribution in [1.29, 1.82) is 0 Å². The van der Waals surface area contributed by atoms with Gasteiger partial charge < -0.3 is 25.4 Å². The van der Waals surface area contributed by atoms with Crippen LogP contribution in [0.5, 0.6) is 0 Å². The summed E-state index contributed by atoms with van der Waals surface area (Å²) in [7, 11) is 0. The van der Waals surface area contributed by atoms with E-state index >= 15 is 0 Å². The lowest BCUT2D eigenvalue weighted by molar-refractivity contribution is -0.155. The number of anilines is 1. The number of aliphatic hydroxyl groups is 2. The third-order valence-electron chi connectivity index (χ3n) is 3.86. The molecular weight excluding hydrogens is 346 g/mol. The van der Waals surface area contributed by atoms with Gasteiger partial charge in [-0.15, -0.1) is 0 Å². The van der Waals surface area contributed by atoms with Crippen molar-refractivity contribution in [3.05, 3.63) is 58.6 Å². The van der Waals surface area contributed by atoms with Gasteiger partial charge in [0, 0.05) is 11.8 Å². The second-order valence-corrected chi connectivity index (χ2v) is 5.59. The smallest absolute Gasteiger partial charge is 0.351 e. The number of benzene rings is 1. The van der Waals surface area contributed by atoms with E-state index in [1.807, 2.05) is 0 Å². The molecule has 10 nitrogen and oxygen atoms in total. The number of carbonyl (C=O) groups excluding carboxylic acids is 1. The Kier molecular flexibility index (Phi) is 4.80. The zero-order valence-corrected chi connectivity index (χ0v) is 13.2. The molecule has 0 aliphatic carbocycles. The maximum Gasteiger partial charge on any atom is 0.351 e.